The number of ether oxygens (including phenoxy) is 1. The Bertz CT molecular complexity index is 840. The van der Waals surface area contributed by atoms with E-state index in [0.717, 1.165) is 18.5 Å². The van der Waals surface area contributed by atoms with Crippen LogP contribution in [0, 0.1) is 0 Å². The fourth-order valence-electron chi connectivity index (χ4n) is 4.06. The molecule has 0 saturated carbocycles. The summed E-state index contributed by atoms with van der Waals surface area (Å²) in [6.45, 7) is 2.30. The number of hydrogen-bond acceptors (Lipinski definition) is 6. The van der Waals surface area contributed by atoms with Gasteiger partial charge < -0.3 is 14.5 Å². The van der Waals surface area contributed by atoms with Crippen LogP contribution in [0.15, 0.2) is 24.3 Å². The molecule has 2 amide bonds. The molecule has 4 rings (SSSR count). The van der Waals surface area contributed by atoms with Crippen LogP contribution in [-0.4, -0.2) is 58.3 Å². The van der Waals surface area contributed by atoms with Gasteiger partial charge in [0.2, 0.25) is 11.8 Å². The zero-order valence-electron chi connectivity index (χ0n) is 15.7. The molecule has 7 nitrogen and oxygen atoms in total. The number of carbonyl (C=O) groups excluding carboxylic acids is 4. The fourth-order valence-corrected chi connectivity index (χ4v) is 5.48. The largest absolute Gasteiger partial charge is 0.456 e. The summed E-state index contributed by atoms with van der Waals surface area (Å²) in [5.74, 6) is -0.292. The van der Waals surface area contributed by atoms with Crippen molar-refractivity contribution >= 4 is 41.0 Å². The van der Waals surface area contributed by atoms with E-state index in [0.29, 0.717) is 30.7 Å². The Morgan fingerprint density at radius 1 is 1.18 bits per heavy atom. The Kier molecular flexibility index (Phi) is 4.91. The average molecular weight is 402 g/mol. The van der Waals surface area contributed by atoms with Crippen molar-refractivity contribution in [2.24, 2.45) is 0 Å². The van der Waals surface area contributed by atoms with Crippen molar-refractivity contribution in [1.82, 2.24) is 4.90 Å². The Hall–Kier alpha value is -2.35. The number of ketones is 1. The van der Waals surface area contributed by atoms with Gasteiger partial charge in [-0.2, -0.15) is 0 Å². The van der Waals surface area contributed by atoms with Crippen molar-refractivity contribution in [1.29, 1.82) is 0 Å². The summed E-state index contributed by atoms with van der Waals surface area (Å²) >= 11 is 1.59. The fraction of sp³-hybridized carbons (Fsp3) is 0.500. The van der Waals surface area contributed by atoms with Crippen molar-refractivity contribution < 1.29 is 23.9 Å². The molecular weight excluding hydrogens is 380 g/mol. The van der Waals surface area contributed by atoms with E-state index >= 15 is 0 Å². The number of amides is 2. The van der Waals surface area contributed by atoms with Crippen molar-refractivity contribution in [2.75, 3.05) is 23.8 Å². The second-order valence-electron chi connectivity index (χ2n) is 7.49. The second-order valence-corrected chi connectivity index (χ2v) is 8.99. The normalized spacial score (nSPS) is 26.7. The van der Waals surface area contributed by atoms with E-state index in [9.17, 15) is 19.2 Å². The maximum Gasteiger partial charge on any atom is 0.330 e. The number of esters is 1. The molecule has 0 radical (unpaired) electrons. The standard InChI is InChI=1S/C20H22N2O5S/c1-20-9-8-18(25)22(20)15(12-28-20)19(26)27-11-16(23)13-4-6-14(7-5-13)21-10-2-3-17(21)24/h4-7,15H,2-3,8-12H2,1H3/t15-,20-/m1/s1. The first-order chi connectivity index (χ1) is 13.4. The number of thioether (sulfide) groups is 1. The summed E-state index contributed by atoms with van der Waals surface area (Å²) in [6.07, 6.45) is 2.56. The number of carbonyl (C=O) groups is 4. The van der Waals surface area contributed by atoms with Gasteiger partial charge in [-0.05, 0) is 44.0 Å². The molecule has 3 saturated heterocycles. The molecule has 148 valence electrons. The highest BCUT2D eigenvalue weighted by atomic mass is 32.2. The quantitative estimate of drug-likeness (QED) is 0.553. The van der Waals surface area contributed by atoms with E-state index in [2.05, 4.69) is 0 Å². The average Bonchev–Trinajstić information content (AvgIpc) is 3.35. The van der Waals surface area contributed by atoms with Crippen molar-refractivity contribution in [3.8, 4) is 0 Å². The highest BCUT2D eigenvalue weighted by Crippen LogP contribution is 2.47. The van der Waals surface area contributed by atoms with Gasteiger partial charge in [-0.1, -0.05) is 0 Å². The highest BCUT2D eigenvalue weighted by Gasteiger charge is 2.53. The number of nitrogens with zero attached hydrogens (tertiary/aromatic N) is 2. The molecule has 0 spiro atoms. The number of benzene rings is 1. The maximum atomic E-state index is 12.4. The summed E-state index contributed by atoms with van der Waals surface area (Å²) in [5, 5.41) is 0. The van der Waals surface area contributed by atoms with E-state index in [1.165, 1.54) is 0 Å². The van der Waals surface area contributed by atoms with Gasteiger partial charge in [-0.15, -0.1) is 11.8 Å². The van der Waals surface area contributed by atoms with Gasteiger partial charge in [0.1, 0.15) is 6.04 Å². The van der Waals surface area contributed by atoms with Gasteiger partial charge >= 0.3 is 5.97 Å². The molecule has 0 aromatic heterocycles. The van der Waals surface area contributed by atoms with E-state index < -0.39 is 12.0 Å². The molecule has 0 N–H and O–H groups in total. The molecule has 3 aliphatic heterocycles. The van der Waals surface area contributed by atoms with Crippen LogP contribution < -0.4 is 4.90 Å². The van der Waals surface area contributed by atoms with Crippen LogP contribution in [0.1, 0.15) is 43.0 Å². The molecule has 0 aliphatic carbocycles. The number of fused-ring (bicyclic) bond motifs is 1. The molecular formula is C20H22N2O5S. The number of Topliss-reactive ketones (excluding diaryl/α,β-unsaturated/α-hetero) is 1. The zero-order chi connectivity index (χ0) is 19.9. The van der Waals surface area contributed by atoms with Gasteiger partial charge in [0.05, 0.1) is 4.87 Å². The molecule has 8 heteroatoms. The predicted octanol–water partition coefficient (Wildman–Crippen LogP) is 1.99. The Balaban J connectivity index is 1.35. The van der Waals surface area contributed by atoms with Crippen LogP contribution in [0.2, 0.25) is 0 Å². The lowest BCUT2D eigenvalue weighted by Gasteiger charge is -2.29. The number of rotatable bonds is 5. The lowest BCUT2D eigenvalue weighted by atomic mass is 10.1. The van der Waals surface area contributed by atoms with Gasteiger partial charge in [0.15, 0.2) is 12.4 Å². The molecule has 1 aromatic carbocycles. The zero-order valence-corrected chi connectivity index (χ0v) is 16.5. The lowest BCUT2D eigenvalue weighted by molar-refractivity contribution is -0.152. The Morgan fingerprint density at radius 3 is 2.61 bits per heavy atom. The third kappa shape index (κ3) is 3.30. The summed E-state index contributed by atoms with van der Waals surface area (Å²) in [4.78, 5) is 51.7. The molecule has 0 bridgehead atoms. The molecule has 28 heavy (non-hydrogen) atoms. The Morgan fingerprint density at radius 2 is 1.93 bits per heavy atom. The van der Waals surface area contributed by atoms with Crippen LogP contribution in [0.3, 0.4) is 0 Å². The van der Waals surface area contributed by atoms with Crippen LogP contribution in [0.4, 0.5) is 5.69 Å². The third-order valence-corrected chi connectivity index (χ3v) is 7.14. The summed E-state index contributed by atoms with van der Waals surface area (Å²) < 4.78 is 5.23. The Labute approximate surface area is 167 Å². The highest BCUT2D eigenvalue weighted by molar-refractivity contribution is 8.01. The van der Waals surface area contributed by atoms with Crippen LogP contribution in [0.25, 0.3) is 0 Å². The SMILES string of the molecule is C[C@@]12CCC(=O)N1[C@@H](C(=O)OCC(=O)c1ccc(N3CCCC3=O)cc1)CS2. The maximum absolute atomic E-state index is 12.4. The molecule has 3 fully saturated rings. The first-order valence-electron chi connectivity index (χ1n) is 9.45. The molecule has 2 atom stereocenters. The minimum absolute atomic E-state index is 0.0344. The van der Waals surface area contributed by atoms with Gasteiger partial charge in [-0.25, -0.2) is 4.79 Å². The minimum Gasteiger partial charge on any atom is -0.456 e. The molecule has 3 aliphatic rings. The van der Waals surface area contributed by atoms with E-state index in [1.807, 2.05) is 6.92 Å². The topological polar surface area (TPSA) is 84.0 Å². The van der Waals surface area contributed by atoms with Crippen LogP contribution in [0.5, 0.6) is 0 Å². The smallest absolute Gasteiger partial charge is 0.330 e. The van der Waals surface area contributed by atoms with Crippen molar-refractivity contribution in [3.05, 3.63) is 29.8 Å². The lowest BCUT2D eigenvalue weighted by Crippen LogP contribution is -2.46. The minimum atomic E-state index is -0.624. The van der Waals surface area contributed by atoms with Crippen molar-refractivity contribution in [3.63, 3.8) is 0 Å². The second kappa shape index (κ2) is 7.24. The third-order valence-electron chi connectivity index (χ3n) is 5.64. The van der Waals surface area contributed by atoms with E-state index in [-0.39, 0.29) is 29.1 Å². The first kappa shape index (κ1) is 19.0. The molecule has 0 unspecified atom stereocenters. The first-order valence-corrected chi connectivity index (χ1v) is 10.4. The van der Waals surface area contributed by atoms with Crippen molar-refractivity contribution in [2.45, 2.75) is 43.5 Å². The van der Waals surface area contributed by atoms with Gasteiger partial charge in [-0.3, -0.25) is 14.4 Å². The molecule has 1 aromatic rings. The number of hydrogen-bond donors (Lipinski definition) is 0. The van der Waals surface area contributed by atoms with Crippen LogP contribution >= 0.6 is 11.8 Å². The monoisotopic (exact) mass is 402 g/mol. The van der Waals surface area contributed by atoms with E-state index in [4.69, 9.17) is 4.74 Å². The van der Waals surface area contributed by atoms with Gasteiger partial charge in [0, 0.05) is 36.4 Å². The molecule has 3 heterocycles. The summed E-state index contributed by atoms with van der Waals surface area (Å²) in [7, 11) is 0. The summed E-state index contributed by atoms with van der Waals surface area (Å²) in [5.41, 5.74) is 1.19. The predicted molar refractivity (Wildman–Crippen MR) is 104 cm³/mol. The summed E-state index contributed by atoms with van der Waals surface area (Å²) in [6, 6.07) is 6.13. The van der Waals surface area contributed by atoms with Gasteiger partial charge in [0.25, 0.3) is 0 Å². The van der Waals surface area contributed by atoms with E-state index in [1.54, 1.807) is 45.8 Å². The van der Waals surface area contributed by atoms with Crippen LogP contribution in [-0.2, 0) is 19.1 Å². The number of anilines is 1.